The first-order valence-electron chi connectivity index (χ1n) is 8.36. The lowest BCUT2D eigenvalue weighted by molar-refractivity contribution is -0.120. The van der Waals surface area contributed by atoms with Crippen LogP contribution in [0.5, 0.6) is 0 Å². The number of aryl methyl sites for hydroxylation is 2. The van der Waals surface area contributed by atoms with E-state index in [-0.39, 0.29) is 5.91 Å². The summed E-state index contributed by atoms with van der Waals surface area (Å²) in [5, 5.41) is 3.02. The third-order valence-corrected chi connectivity index (χ3v) is 4.49. The van der Waals surface area contributed by atoms with Crippen LogP contribution in [0.25, 0.3) is 0 Å². The monoisotopic (exact) mass is 308 g/mol. The van der Waals surface area contributed by atoms with Gasteiger partial charge in [-0.25, -0.2) is 0 Å². The Labute approximate surface area is 138 Å². The van der Waals surface area contributed by atoms with E-state index in [1.165, 1.54) is 29.7 Å². The predicted molar refractivity (Wildman–Crippen MR) is 94.9 cm³/mol. The lowest BCUT2D eigenvalue weighted by Crippen LogP contribution is -2.33. The van der Waals surface area contributed by atoms with E-state index in [9.17, 15) is 4.79 Å². The van der Waals surface area contributed by atoms with Gasteiger partial charge < -0.3 is 10.2 Å². The molecule has 3 rings (SSSR count). The van der Waals surface area contributed by atoms with E-state index in [1.54, 1.807) is 0 Å². The van der Waals surface area contributed by atoms with Crippen molar-refractivity contribution in [3.63, 3.8) is 0 Å². The molecule has 120 valence electrons. The molecular formula is C20H24N2O. The molecule has 0 fully saturated rings. The highest BCUT2D eigenvalue weighted by Gasteiger charge is 2.12. The van der Waals surface area contributed by atoms with Crippen molar-refractivity contribution in [3.05, 3.63) is 65.2 Å². The number of rotatable bonds is 6. The van der Waals surface area contributed by atoms with E-state index in [0.717, 1.165) is 18.5 Å². The molecule has 3 heteroatoms. The van der Waals surface area contributed by atoms with Gasteiger partial charge in [0.05, 0.1) is 6.42 Å². The van der Waals surface area contributed by atoms with Crippen molar-refractivity contribution in [1.82, 2.24) is 5.32 Å². The van der Waals surface area contributed by atoms with E-state index in [1.807, 2.05) is 25.2 Å². The summed E-state index contributed by atoms with van der Waals surface area (Å²) in [7, 11) is 2.04. The Hall–Kier alpha value is -2.29. The number of hydrogen-bond acceptors (Lipinski definition) is 2. The third-order valence-electron chi connectivity index (χ3n) is 4.49. The van der Waals surface area contributed by atoms with Crippen LogP contribution in [0.4, 0.5) is 5.69 Å². The van der Waals surface area contributed by atoms with Crippen molar-refractivity contribution in [1.29, 1.82) is 0 Å². The summed E-state index contributed by atoms with van der Waals surface area (Å²) in [6.07, 6.45) is 4.07. The van der Waals surface area contributed by atoms with Crippen LogP contribution in [0.1, 0.15) is 23.1 Å². The van der Waals surface area contributed by atoms with Gasteiger partial charge >= 0.3 is 0 Å². The number of carbonyl (C=O) groups is 1. The average Bonchev–Trinajstić information content (AvgIpc) is 3.03. The zero-order valence-corrected chi connectivity index (χ0v) is 13.7. The molecule has 0 aliphatic heterocycles. The first kappa shape index (κ1) is 15.6. The predicted octanol–water partition coefficient (Wildman–Crippen LogP) is 2.97. The van der Waals surface area contributed by atoms with Crippen molar-refractivity contribution in [3.8, 4) is 0 Å². The van der Waals surface area contributed by atoms with Crippen LogP contribution < -0.4 is 10.2 Å². The topological polar surface area (TPSA) is 32.3 Å². The van der Waals surface area contributed by atoms with Crippen molar-refractivity contribution >= 4 is 11.6 Å². The molecule has 23 heavy (non-hydrogen) atoms. The van der Waals surface area contributed by atoms with Crippen molar-refractivity contribution < 1.29 is 4.79 Å². The highest BCUT2D eigenvalue weighted by Crippen LogP contribution is 2.22. The minimum atomic E-state index is 0.101. The molecule has 0 unspecified atom stereocenters. The number of nitrogens with zero attached hydrogens (tertiary/aromatic N) is 1. The first-order chi connectivity index (χ1) is 11.2. The highest BCUT2D eigenvalue weighted by atomic mass is 16.1. The molecule has 1 aliphatic carbocycles. The second-order valence-electron chi connectivity index (χ2n) is 6.24. The van der Waals surface area contributed by atoms with E-state index in [0.29, 0.717) is 13.0 Å². The van der Waals surface area contributed by atoms with Gasteiger partial charge in [-0.1, -0.05) is 36.4 Å². The molecular weight excluding hydrogens is 284 g/mol. The lowest BCUT2D eigenvalue weighted by Gasteiger charge is -2.19. The molecule has 2 aromatic carbocycles. The van der Waals surface area contributed by atoms with Crippen molar-refractivity contribution in [2.45, 2.75) is 25.7 Å². The fourth-order valence-electron chi connectivity index (χ4n) is 3.16. The molecule has 0 saturated heterocycles. The summed E-state index contributed by atoms with van der Waals surface area (Å²) < 4.78 is 0. The highest BCUT2D eigenvalue weighted by molar-refractivity contribution is 5.78. The van der Waals surface area contributed by atoms with E-state index < -0.39 is 0 Å². The van der Waals surface area contributed by atoms with Crippen LogP contribution in [0, 0.1) is 0 Å². The van der Waals surface area contributed by atoms with Gasteiger partial charge in [-0.2, -0.15) is 0 Å². The molecule has 3 nitrogen and oxygen atoms in total. The maximum absolute atomic E-state index is 12.1. The Bertz CT molecular complexity index is 667. The minimum absolute atomic E-state index is 0.101. The lowest BCUT2D eigenvalue weighted by atomic mass is 10.0. The largest absolute Gasteiger partial charge is 0.373 e. The molecule has 2 aromatic rings. The number of hydrogen-bond donors (Lipinski definition) is 1. The Kier molecular flexibility index (Phi) is 4.96. The zero-order valence-electron chi connectivity index (χ0n) is 13.7. The van der Waals surface area contributed by atoms with E-state index in [2.05, 4.69) is 40.5 Å². The summed E-state index contributed by atoms with van der Waals surface area (Å²) in [5.74, 6) is 0.101. The van der Waals surface area contributed by atoms with Crippen molar-refractivity contribution in [2.75, 3.05) is 25.0 Å². The normalized spacial score (nSPS) is 12.7. The smallest absolute Gasteiger partial charge is 0.224 e. The number of anilines is 1. The van der Waals surface area contributed by atoms with Crippen LogP contribution >= 0.6 is 0 Å². The first-order valence-corrected chi connectivity index (χ1v) is 8.36. The minimum Gasteiger partial charge on any atom is -0.373 e. The number of amides is 1. The SMILES string of the molecule is CN(CCNC(=O)Cc1ccc2c(c1)CCC2)c1ccccc1. The summed E-state index contributed by atoms with van der Waals surface area (Å²) in [6, 6.07) is 16.7. The Morgan fingerprint density at radius 2 is 1.87 bits per heavy atom. The Balaban J connectivity index is 1.45. The number of likely N-dealkylation sites (N-methyl/N-ethyl adjacent to an activating group) is 1. The number of benzene rings is 2. The number of fused-ring (bicyclic) bond motifs is 1. The van der Waals surface area contributed by atoms with Crippen molar-refractivity contribution in [2.24, 2.45) is 0 Å². The standard InChI is InChI=1S/C20H24N2O/c1-22(19-8-3-2-4-9-19)13-12-21-20(23)15-16-10-11-17-6-5-7-18(17)14-16/h2-4,8-11,14H,5-7,12-13,15H2,1H3,(H,21,23). The van der Waals surface area contributed by atoms with E-state index >= 15 is 0 Å². The van der Waals surface area contributed by atoms with Gasteiger partial charge in [-0.15, -0.1) is 0 Å². The molecule has 1 N–H and O–H groups in total. The van der Waals surface area contributed by atoms with Gasteiger partial charge in [0.15, 0.2) is 0 Å². The van der Waals surface area contributed by atoms with Crippen LogP contribution in [-0.2, 0) is 24.1 Å². The third kappa shape index (κ3) is 4.13. The van der Waals surface area contributed by atoms with Gasteiger partial charge in [0.2, 0.25) is 5.91 Å². The van der Waals surface area contributed by atoms with E-state index in [4.69, 9.17) is 0 Å². The second kappa shape index (κ2) is 7.32. The Morgan fingerprint density at radius 1 is 1.09 bits per heavy atom. The Morgan fingerprint density at radius 3 is 2.70 bits per heavy atom. The summed E-state index contributed by atoms with van der Waals surface area (Å²) in [4.78, 5) is 14.2. The molecule has 0 saturated carbocycles. The van der Waals surface area contributed by atoms with Gasteiger partial charge in [0, 0.05) is 25.8 Å². The molecule has 0 spiro atoms. The van der Waals surface area contributed by atoms with Crippen LogP contribution in [-0.4, -0.2) is 26.0 Å². The van der Waals surface area contributed by atoms with Gasteiger partial charge in [0.25, 0.3) is 0 Å². The van der Waals surface area contributed by atoms with Crippen LogP contribution in [0.3, 0.4) is 0 Å². The van der Waals surface area contributed by atoms with Crippen LogP contribution in [0.15, 0.2) is 48.5 Å². The fourth-order valence-corrected chi connectivity index (χ4v) is 3.16. The summed E-state index contributed by atoms with van der Waals surface area (Å²) in [5.41, 5.74) is 5.18. The molecule has 0 bridgehead atoms. The average molecular weight is 308 g/mol. The molecule has 1 amide bonds. The maximum Gasteiger partial charge on any atom is 0.224 e. The van der Waals surface area contributed by atoms with Crippen LogP contribution in [0.2, 0.25) is 0 Å². The molecule has 1 aliphatic rings. The fraction of sp³-hybridized carbons (Fsp3) is 0.350. The quantitative estimate of drug-likeness (QED) is 0.890. The molecule has 0 heterocycles. The molecule has 0 atom stereocenters. The number of carbonyl (C=O) groups excluding carboxylic acids is 1. The number of nitrogens with one attached hydrogen (secondary N) is 1. The van der Waals surface area contributed by atoms with Gasteiger partial charge in [-0.3, -0.25) is 4.79 Å². The molecule has 0 radical (unpaired) electrons. The van der Waals surface area contributed by atoms with Gasteiger partial charge in [0.1, 0.15) is 0 Å². The van der Waals surface area contributed by atoms with Gasteiger partial charge in [-0.05, 0) is 48.1 Å². The number of para-hydroxylation sites is 1. The maximum atomic E-state index is 12.1. The molecule has 0 aromatic heterocycles. The second-order valence-corrected chi connectivity index (χ2v) is 6.24. The zero-order chi connectivity index (χ0) is 16.1. The summed E-state index contributed by atoms with van der Waals surface area (Å²) in [6.45, 7) is 1.47. The summed E-state index contributed by atoms with van der Waals surface area (Å²) >= 11 is 0.